The summed E-state index contributed by atoms with van der Waals surface area (Å²) in [5.41, 5.74) is -0.418. The number of rotatable bonds is 5. The largest absolute Gasteiger partial charge is 0.480 e. The van der Waals surface area contributed by atoms with Crippen LogP contribution in [0.5, 0.6) is 11.5 Å². The summed E-state index contributed by atoms with van der Waals surface area (Å²) in [7, 11) is 0. The first-order valence-electron chi connectivity index (χ1n) is 4.71. The van der Waals surface area contributed by atoms with E-state index >= 15 is 0 Å². The average Bonchev–Trinajstić information content (AvgIpc) is 2.25. The van der Waals surface area contributed by atoms with Crippen LogP contribution in [0.3, 0.4) is 0 Å². The van der Waals surface area contributed by atoms with Gasteiger partial charge in [0.25, 0.3) is 0 Å². The number of benzene rings is 1. The number of hydrogen-bond donors (Lipinski definition) is 1. The molecule has 0 fully saturated rings. The van der Waals surface area contributed by atoms with E-state index in [1.807, 2.05) is 0 Å². The summed E-state index contributed by atoms with van der Waals surface area (Å²) in [6, 6.07) is 2.37. The minimum Gasteiger partial charge on any atom is -0.480 e. The fourth-order valence-electron chi connectivity index (χ4n) is 1.11. The normalized spacial score (nSPS) is 11.5. The Labute approximate surface area is 103 Å². The zero-order chi connectivity index (χ0) is 14.6. The summed E-state index contributed by atoms with van der Waals surface area (Å²) >= 11 is 0. The van der Waals surface area contributed by atoms with Crippen molar-refractivity contribution >= 4 is 5.97 Å². The zero-order valence-electron chi connectivity index (χ0n) is 9.08. The predicted molar refractivity (Wildman–Crippen MR) is 51.6 cm³/mol. The highest BCUT2D eigenvalue weighted by molar-refractivity contribution is 5.88. The number of aromatic carboxylic acids is 1. The topological polar surface area (TPSA) is 55.8 Å². The maximum absolute atomic E-state index is 12.0. The molecule has 0 heterocycles. The first kappa shape index (κ1) is 15.0. The Kier molecular flexibility index (Phi) is 4.52. The lowest BCUT2D eigenvalue weighted by atomic mass is 10.2. The van der Waals surface area contributed by atoms with E-state index in [0.29, 0.717) is 6.07 Å². The maximum Gasteiger partial charge on any atom is 0.422 e. The molecular formula is C10H7F5O4. The van der Waals surface area contributed by atoms with Crippen molar-refractivity contribution in [1.82, 2.24) is 0 Å². The van der Waals surface area contributed by atoms with Gasteiger partial charge in [-0.3, -0.25) is 0 Å². The van der Waals surface area contributed by atoms with E-state index < -0.39 is 42.4 Å². The molecule has 0 aliphatic heterocycles. The number of ether oxygens (including phenoxy) is 2. The van der Waals surface area contributed by atoms with Crippen molar-refractivity contribution in [2.75, 3.05) is 6.61 Å². The van der Waals surface area contributed by atoms with E-state index in [1.54, 1.807) is 0 Å². The molecule has 106 valence electrons. The number of alkyl halides is 5. The summed E-state index contributed by atoms with van der Waals surface area (Å²) in [4.78, 5) is 10.6. The van der Waals surface area contributed by atoms with Crippen molar-refractivity contribution in [3.8, 4) is 11.5 Å². The summed E-state index contributed by atoms with van der Waals surface area (Å²) < 4.78 is 68.1. The average molecular weight is 286 g/mol. The Morgan fingerprint density at radius 1 is 1.26 bits per heavy atom. The van der Waals surface area contributed by atoms with Gasteiger partial charge in [-0.15, -0.1) is 0 Å². The van der Waals surface area contributed by atoms with Gasteiger partial charge in [0.2, 0.25) is 0 Å². The Bertz CT molecular complexity index is 458. The number of hydrogen-bond acceptors (Lipinski definition) is 3. The summed E-state index contributed by atoms with van der Waals surface area (Å²) in [5.74, 6) is -2.85. The van der Waals surface area contributed by atoms with Gasteiger partial charge in [0.1, 0.15) is 0 Å². The first-order chi connectivity index (χ1) is 8.69. The molecule has 19 heavy (non-hydrogen) atoms. The highest BCUT2D eigenvalue weighted by Crippen LogP contribution is 2.31. The third kappa shape index (κ3) is 4.98. The van der Waals surface area contributed by atoms with Crippen molar-refractivity contribution in [2.24, 2.45) is 0 Å². The van der Waals surface area contributed by atoms with Crippen LogP contribution in [0.4, 0.5) is 22.0 Å². The van der Waals surface area contributed by atoms with Gasteiger partial charge in [0.05, 0.1) is 5.56 Å². The van der Waals surface area contributed by atoms with Crippen LogP contribution in [0.2, 0.25) is 0 Å². The van der Waals surface area contributed by atoms with Gasteiger partial charge in [0.15, 0.2) is 18.1 Å². The Morgan fingerprint density at radius 2 is 1.89 bits per heavy atom. The van der Waals surface area contributed by atoms with Crippen molar-refractivity contribution < 1.29 is 41.3 Å². The minimum atomic E-state index is -4.69. The standard InChI is InChI=1S/C10H7F5O4/c11-9(12)19-6-2-1-5(8(16)17)3-7(6)18-4-10(13,14)15/h1-3,9H,4H2,(H,16,17). The molecule has 0 aliphatic carbocycles. The lowest BCUT2D eigenvalue weighted by Gasteiger charge is -2.14. The van der Waals surface area contributed by atoms with Crippen LogP contribution in [0, 0.1) is 0 Å². The molecule has 1 N–H and O–H groups in total. The van der Waals surface area contributed by atoms with Gasteiger partial charge in [-0.25, -0.2) is 4.79 Å². The SMILES string of the molecule is O=C(O)c1ccc(OC(F)F)c(OCC(F)(F)F)c1. The molecule has 0 atom stereocenters. The molecule has 0 unspecified atom stereocenters. The Morgan fingerprint density at radius 3 is 2.37 bits per heavy atom. The molecule has 0 aliphatic rings. The number of carboxylic acids is 1. The molecule has 1 rings (SSSR count). The van der Waals surface area contributed by atoms with Gasteiger partial charge in [-0.05, 0) is 18.2 Å². The van der Waals surface area contributed by atoms with Crippen molar-refractivity contribution in [2.45, 2.75) is 12.8 Å². The van der Waals surface area contributed by atoms with E-state index in [9.17, 15) is 26.7 Å². The van der Waals surface area contributed by atoms with Crippen LogP contribution in [-0.2, 0) is 0 Å². The van der Waals surface area contributed by atoms with Crippen LogP contribution < -0.4 is 9.47 Å². The maximum atomic E-state index is 12.0. The molecule has 0 saturated carbocycles. The Hall–Kier alpha value is -2.06. The second-order valence-electron chi connectivity index (χ2n) is 3.25. The third-order valence-electron chi connectivity index (χ3n) is 1.80. The molecule has 0 aromatic heterocycles. The molecule has 0 saturated heterocycles. The van der Waals surface area contributed by atoms with Gasteiger partial charge >= 0.3 is 18.8 Å². The number of carbonyl (C=O) groups is 1. The quantitative estimate of drug-likeness (QED) is 0.845. The fourth-order valence-corrected chi connectivity index (χ4v) is 1.11. The first-order valence-corrected chi connectivity index (χ1v) is 4.71. The summed E-state index contributed by atoms with van der Waals surface area (Å²) in [6.07, 6.45) is -4.69. The van der Waals surface area contributed by atoms with Crippen LogP contribution in [0.1, 0.15) is 10.4 Å². The van der Waals surface area contributed by atoms with Gasteiger partial charge < -0.3 is 14.6 Å². The van der Waals surface area contributed by atoms with Crippen molar-refractivity contribution in [3.63, 3.8) is 0 Å². The predicted octanol–water partition coefficient (Wildman–Crippen LogP) is 2.93. The lowest BCUT2D eigenvalue weighted by molar-refractivity contribution is -0.154. The molecule has 0 amide bonds. The molecule has 0 spiro atoms. The third-order valence-corrected chi connectivity index (χ3v) is 1.80. The second kappa shape index (κ2) is 5.72. The fraction of sp³-hybridized carbons (Fsp3) is 0.300. The van der Waals surface area contributed by atoms with Crippen LogP contribution in [0.25, 0.3) is 0 Å². The number of carboxylic acid groups (broad SMARTS) is 1. The van der Waals surface area contributed by atoms with Gasteiger partial charge in [0, 0.05) is 0 Å². The molecule has 0 bridgehead atoms. The highest BCUT2D eigenvalue weighted by Gasteiger charge is 2.29. The van der Waals surface area contributed by atoms with Crippen LogP contribution in [0.15, 0.2) is 18.2 Å². The molecule has 1 aromatic carbocycles. The van der Waals surface area contributed by atoms with Crippen molar-refractivity contribution in [1.29, 1.82) is 0 Å². The molecule has 1 aromatic rings. The van der Waals surface area contributed by atoms with Crippen molar-refractivity contribution in [3.05, 3.63) is 23.8 Å². The second-order valence-corrected chi connectivity index (χ2v) is 3.25. The molecule has 4 nitrogen and oxygen atoms in total. The lowest BCUT2D eigenvalue weighted by Crippen LogP contribution is -2.20. The van der Waals surface area contributed by atoms with Gasteiger partial charge in [-0.1, -0.05) is 0 Å². The zero-order valence-corrected chi connectivity index (χ0v) is 9.08. The van der Waals surface area contributed by atoms with E-state index in [4.69, 9.17) is 5.11 Å². The van der Waals surface area contributed by atoms with E-state index in [2.05, 4.69) is 9.47 Å². The molecule has 0 radical (unpaired) electrons. The van der Waals surface area contributed by atoms with E-state index in [0.717, 1.165) is 12.1 Å². The molecule has 9 heteroatoms. The highest BCUT2D eigenvalue weighted by atomic mass is 19.4. The Balaban J connectivity index is 3.00. The van der Waals surface area contributed by atoms with Gasteiger partial charge in [-0.2, -0.15) is 22.0 Å². The van der Waals surface area contributed by atoms with E-state index in [1.165, 1.54) is 0 Å². The summed E-state index contributed by atoms with van der Waals surface area (Å²) in [6.45, 7) is -5.03. The number of halogens is 5. The van der Waals surface area contributed by atoms with E-state index in [-0.39, 0.29) is 0 Å². The molecular weight excluding hydrogens is 279 g/mol. The van der Waals surface area contributed by atoms with Crippen LogP contribution in [-0.4, -0.2) is 30.5 Å². The van der Waals surface area contributed by atoms with Crippen LogP contribution >= 0.6 is 0 Å². The smallest absolute Gasteiger partial charge is 0.422 e. The minimum absolute atomic E-state index is 0.418. The monoisotopic (exact) mass is 286 g/mol. The summed E-state index contributed by atoms with van der Waals surface area (Å²) in [5, 5.41) is 8.64.